The average molecular weight is 243 g/mol. The summed E-state index contributed by atoms with van der Waals surface area (Å²) in [6.45, 7) is 0. The van der Waals surface area contributed by atoms with E-state index in [1.807, 2.05) is 36.4 Å². The van der Waals surface area contributed by atoms with Crippen LogP contribution >= 0.6 is 0 Å². The van der Waals surface area contributed by atoms with Crippen molar-refractivity contribution < 1.29 is 9.53 Å². The number of carbonyl (C=O) groups is 1. The molecule has 2 fully saturated rings. The highest BCUT2D eigenvalue weighted by molar-refractivity contribution is 5.96. The van der Waals surface area contributed by atoms with Crippen molar-refractivity contribution in [3.63, 3.8) is 0 Å². The highest BCUT2D eigenvalue weighted by atomic mass is 16.5. The fourth-order valence-electron chi connectivity index (χ4n) is 2.66. The van der Waals surface area contributed by atoms with Crippen LogP contribution in [-0.4, -0.2) is 18.1 Å². The van der Waals surface area contributed by atoms with E-state index in [4.69, 9.17) is 4.74 Å². The summed E-state index contributed by atoms with van der Waals surface area (Å²) in [7, 11) is 0. The van der Waals surface area contributed by atoms with Crippen molar-refractivity contribution in [2.24, 2.45) is 0 Å². The van der Waals surface area contributed by atoms with E-state index in [2.05, 4.69) is 5.32 Å². The Balaban J connectivity index is 1.80. The highest BCUT2D eigenvalue weighted by Gasteiger charge is 2.34. The summed E-state index contributed by atoms with van der Waals surface area (Å²) >= 11 is 0. The molecule has 1 amide bonds. The molecular weight excluding hydrogens is 226 g/mol. The molecule has 2 atom stereocenters. The minimum Gasteiger partial charge on any atom is -0.483 e. The van der Waals surface area contributed by atoms with Crippen LogP contribution in [0.2, 0.25) is 0 Å². The Morgan fingerprint density at radius 2 is 1.94 bits per heavy atom. The van der Waals surface area contributed by atoms with Crippen LogP contribution in [0.1, 0.15) is 31.2 Å². The van der Waals surface area contributed by atoms with Crippen LogP contribution in [0.25, 0.3) is 6.08 Å². The summed E-state index contributed by atoms with van der Waals surface area (Å²) in [5.41, 5.74) is 0.997. The summed E-state index contributed by atoms with van der Waals surface area (Å²) in [5, 5.41) is 3.06. The SMILES string of the molecule is O=C1NC2CCCCC2O/C1=C\c1ccccc1. The highest BCUT2D eigenvalue weighted by Crippen LogP contribution is 2.27. The summed E-state index contributed by atoms with van der Waals surface area (Å²) < 4.78 is 5.86. The maximum Gasteiger partial charge on any atom is 0.286 e. The second-order valence-electron chi connectivity index (χ2n) is 4.94. The fraction of sp³-hybridized carbons (Fsp3) is 0.400. The lowest BCUT2D eigenvalue weighted by Crippen LogP contribution is -2.51. The van der Waals surface area contributed by atoms with Gasteiger partial charge in [-0.25, -0.2) is 0 Å². The Kier molecular flexibility index (Phi) is 3.05. The lowest BCUT2D eigenvalue weighted by molar-refractivity contribution is -0.129. The summed E-state index contributed by atoms with van der Waals surface area (Å²) in [6, 6.07) is 10.0. The summed E-state index contributed by atoms with van der Waals surface area (Å²) in [4.78, 5) is 11.9. The number of ether oxygens (including phenoxy) is 1. The molecule has 3 rings (SSSR count). The minimum absolute atomic E-state index is 0.0815. The van der Waals surface area contributed by atoms with Crippen molar-refractivity contribution in [1.29, 1.82) is 0 Å². The quantitative estimate of drug-likeness (QED) is 0.769. The lowest BCUT2D eigenvalue weighted by Gasteiger charge is -2.37. The largest absolute Gasteiger partial charge is 0.483 e. The molecule has 2 aliphatic rings. The Morgan fingerprint density at radius 1 is 1.17 bits per heavy atom. The van der Waals surface area contributed by atoms with Crippen molar-refractivity contribution >= 4 is 12.0 Å². The zero-order valence-electron chi connectivity index (χ0n) is 10.3. The predicted octanol–water partition coefficient (Wildman–Crippen LogP) is 2.49. The molecule has 3 nitrogen and oxygen atoms in total. The van der Waals surface area contributed by atoms with Crippen LogP contribution < -0.4 is 5.32 Å². The number of hydrogen-bond acceptors (Lipinski definition) is 2. The monoisotopic (exact) mass is 243 g/mol. The molecular formula is C15H17NO2. The van der Waals surface area contributed by atoms with Crippen molar-refractivity contribution in [3.05, 3.63) is 41.7 Å². The van der Waals surface area contributed by atoms with Gasteiger partial charge in [-0.2, -0.15) is 0 Å². The molecule has 1 N–H and O–H groups in total. The summed E-state index contributed by atoms with van der Waals surface area (Å²) in [6.07, 6.45) is 6.43. The second-order valence-corrected chi connectivity index (χ2v) is 4.94. The first-order chi connectivity index (χ1) is 8.83. The standard InChI is InChI=1S/C15H17NO2/c17-15-14(10-11-6-2-1-3-7-11)18-13-9-5-4-8-12(13)16-15/h1-3,6-7,10,12-13H,4-5,8-9H2,(H,16,17)/b14-10-. The molecule has 0 bridgehead atoms. The molecule has 2 unspecified atom stereocenters. The molecule has 1 aromatic rings. The third-order valence-corrected chi connectivity index (χ3v) is 3.62. The molecule has 0 aromatic heterocycles. The number of carbonyl (C=O) groups excluding carboxylic acids is 1. The Hall–Kier alpha value is -1.77. The van der Waals surface area contributed by atoms with E-state index in [1.165, 1.54) is 12.8 Å². The van der Waals surface area contributed by atoms with Crippen LogP contribution in [0.3, 0.4) is 0 Å². The first kappa shape index (κ1) is 11.3. The number of morpholine rings is 1. The van der Waals surface area contributed by atoms with Gasteiger partial charge in [0.1, 0.15) is 6.10 Å². The van der Waals surface area contributed by atoms with Gasteiger partial charge in [-0.1, -0.05) is 36.8 Å². The third kappa shape index (κ3) is 2.26. The van der Waals surface area contributed by atoms with Crippen molar-refractivity contribution in [2.75, 3.05) is 0 Å². The van der Waals surface area contributed by atoms with Gasteiger partial charge in [0.2, 0.25) is 0 Å². The van der Waals surface area contributed by atoms with E-state index < -0.39 is 0 Å². The fourth-order valence-corrected chi connectivity index (χ4v) is 2.66. The van der Waals surface area contributed by atoms with E-state index in [9.17, 15) is 4.79 Å². The van der Waals surface area contributed by atoms with Gasteiger partial charge < -0.3 is 10.1 Å². The molecule has 1 saturated heterocycles. The van der Waals surface area contributed by atoms with Gasteiger partial charge in [-0.05, 0) is 30.9 Å². The molecule has 0 spiro atoms. The molecule has 1 saturated carbocycles. The molecule has 18 heavy (non-hydrogen) atoms. The van der Waals surface area contributed by atoms with Gasteiger partial charge in [-0.15, -0.1) is 0 Å². The molecule has 1 aliphatic heterocycles. The van der Waals surface area contributed by atoms with E-state index in [0.29, 0.717) is 5.76 Å². The van der Waals surface area contributed by atoms with E-state index in [1.54, 1.807) is 0 Å². The van der Waals surface area contributed by atoms with E-state index >= 15 is 0 Å². The zero-order valence-corrected chi connectivity index (χ0v) is 10.3. The zero-order chi connectivity index (χ0) is 12.4. The second kappa shape index (κ2) is 4.84. The van der Waals surface area contributed by atoms with Crippen LogP contribution in [0.15, 0.2) is 36.1 Å². The molecule has 1 heterocycles. The topological polar surface area (TPSA) is 38.3 Å². The third-order valence-electron chi connectivity index (χ3n) is 3.62. The van der Waals surface area contributed by atoms with Crippen molar-refractivity contribution in [3.8, 4) is 0 Å². The van der Waals surface area contributed by atoms with Crippen LogP contribution in [-0.2, 0) is 9.53 Å². The lowest BCUT2D eigenvalue weighted by atomic mass is 9.91. The van der Waals surface area contributed by atoms with E-state index in [0.717, 1.165) is 18.4 Å². The number of hydrogen-bond donors (Lipinski definition) is 1. The smallest absolute Gasteiger partial charge is 0.286 e. The first-order valence-corrected chi connectivity index (χ1v) is 6.57. The molecule has 94 valence electrons. The number of benzene rings is 1. The number of amides is 1. The van der Waals surface area contributed by atoms with Gasteiger partial charge in [-0.3, -0.25) is 4.79 Å². The first-order valence-electron chi connectivity index (χ1n) is 6.57. The van der Waals surface area contributed by atoms with Crippen molar-refractivity contribution in [2.45, 2.75) is 37.8 Å². The maximum atomic E-state index is 11.9. The molecule has 3 heteroatoms. The van der Waals surface area contributed by atoms with E-state index in [-0.39, 0.29) is 18.1 Å². The maximum absolute atomic E-state index is 11.9. The van der Waals surface area contributed by atoms with Gasteiger partial charge in [0, 0.05) is 0 Å². The van der Waals surface area contributed by atoms with Crippen LogP contribution in [0.4, 0.5) is 0 Å². The Labute approximate surface area is 107 Å². The van der Waals surface area contributed by atoms with Crippen LogP contribution in [0.5, 0.6) is 0 Å². The molecule has 0 radical (unpaired) electrons. The van der Waals surface area contributed by atoms with Gasteiger partial charge >= 0.3 is 0 Å². The number of nitrogens with one attached hydrogen (secondary N) is 1. The number of fused-ring (bicyclic) bond motifs is 1. The number of rotatable bonds is 1. The average Bonchev–Trinajstić information content (AvgIpc) is 2.41. The molecule has 1 aliphatic carbocycles. The summed E-state index contributed by atoms with van der Waals surface area (Å²) in [5.74, 6) is 0.367. The van der Waals surface area contributed by atoms with Gasteiger partial charge in [0.05, 0.1) is 6.04 Å². The predicted molar refractivity (Wildman–Crippen MR) is 69.7 cm³/mol. The normalized spacial score (nSPS) is 29.3. The van der Waals surface area contributed by atoms with Gasteiger partial charge in [0.15, 0.2) is 5.76 Å². The Bertz CT molecular complexity index is 467. The van der Waals surface area contributed by atoms with Crippen molar-refractivity contribution in [1.82, 2.24) is 5.32 Å². The minimum atomic E-state index is -0.0815. The Morgan fingerprint density at radius 3 is 2.78 bits per heavy atom. The molecule has 1 aromatic carbocycles. The van der Waals surface area contributed by atoms with Gasteiger partial charge in [0.25, 0.3) is 5.91 Å². The van der Waals surface area contributed by atoms with Crippen LogP contribution in [0, 0.1) is 0 Å².